The van der Waals surface area contributed by atoms with E-state index >= 15 is 0 Å². The van der Waals surface area contributed by atoms with Crippen LogP contribution in [0.25, 0.3) is 0 Å². The first-order valence-electron chi connectivity index (χ1n) is 6.91. The van der Waals surface area contributed by atoms with Gasteiger partial charge in [0.05, 0.1) is 0 Å². The van der Waals surface area contributed by atoms with E-state index in [1.807, 2.05) is 19.1 Å². The molecule has 1 aliphatic rings. The van der Waals surface area contributed by atoms with Gasteiger partial charge in [0.15, 0.2) is 5.78 Å². The fourth-order valence-electron chi connectivity index (χ4n) is 3.11. The minimum absolute atomic E-state index is 0.266. The van der Waals surface area contributed by atoms with Crippen LogP contribution < -0.4 is 5.73 Å². The van der Waals surface area contributed by atoms with E-state index < -0.39 is 0 Å². The molecule has 0 amide bonds. The largest absolute Gasteiger partial charge is 0.329 e. The van der Waals surface area contributed by atoms with Crippen molar-refractivity contribution in [2.45, 2.75) is 46.0 Å². The monoisotopic (exact) mass is 245 g/mol. The number of rotatable bonds is 3. The van der Waals surface area contributed by atoms with Gasteiger partial charge in [0.1, 0.15) is 0 Å². The Hall–Kier alpha value is -1.15. The van der Waals surface area contributed by atoms with Crippen molar-refractivity contribution in [3.8, 4) is 0 Å². The minimum atomic E-state index is -0.293. The summed E-state index contributed by atoms with van der Waals surface area (Å²) in [6, 6.07) is 6.08. The Balaban J connectivity index is 2.33. The lowest BCUT2D eigenvalue weighted by Gasteiger charge is -2.35. The lowest BCUT2D eigenvalue weighted by Crippen LogP contribution is -2.40. The second kappa shape index (κ2) is 5.23. The number of Topliss-reactive ketones (excluding diaryl/α,β-unsaturated/α-hetero) is 1. The number of carbonyl (C=O) groups excluding carboxylic acids is 1. The summed E-state index contributed by atoms with van der Waals surface area (Å²) in [5.41, 5.74) is 8.80. The van der Waals surface area contributed by atoms with Gasteiger partial charge < -0.3 is 5.73 Å². The van der Waals surface area contributed by atoms with Gasteiger partial charge in [-0.1, -0.05) is 43.0 Å². The molecule has 0 aliphatic heterocycles. The molecule has 0 aromatic heterocycles. The number of aryl methyl sites for hydroxylation is 2. The van der Waals surface area contributed by atoms with Crippen molar-refractivity contribution in [1.82, 2.24) is 0 Å². The minimum Gasteiger partial charge on any atom is -0.329 e. The van der Waals surface area contributed by atoms with Gasteiger partial charge in [0, 0.05) is 17.5 Å². The highest BCUT2D eigenvalue weighted by molar-refractivity contribution is 6.02. The zero-order chi connectivity index (χ0) is 13.2. The molecule has 1 aliphatic carbocycles. The molecule has 0 unspecified atom stereocenters. The van der Waals surface area contributed by atoms with Gasteiger partial charge in [0.25, 0.3) is 0 Å². The van der Waals surface area contributed by atoms with Crippen molar-refractivity contribution >= 4 is 5.78 Å². The molecule has 2 rings (SSSR count). The first kappa shape index (κ1) is 13.3. The number of carbonyl (C=O) groups is 1. The van der Waals surface area contributed by atoms with E-state index in [4.69, 9.17) is 5.73 Å². The highest BCUT2D eigenvalue weighted by atomic mass is 16.1. The molecule has 2 N–H and O–H groups in total. The van der Waals surface area contributed by atoms with Crippen LogP contribution >= 0.6 is 0 Å². The maximum atomic E-state index is 12.8. The molecule has 98 valence electrons. The number of benzene rings is 1. The highest BCUT2D eigenvalue weighted by Crippen LogP contribution is 2.38. The summed E-state index contributed by atoms with van der Waals surface area (Å²) in [6.07, 6.45) is 5.41. The van der Waals surface area contributed by atoms with Crippen molar-refractivity contribution < 1.29 is 4.79 Å². The predicted octanol–water partition coefficient (Wildman–Crippen LogP) is 3.40. The van der Waals surface area contributed by atoms with Gasteiger partial charge in [-0.3, -0.25) is 4.79 Å². The Morgan fingerprint density at radius 1 is 1.22 bits per heavy atom. The maximum absolute atomic E-state index is 12.8. The zero-order valence-electron chi connectivity index (χ0n) is 11.5. The third-order valence-corrected chi connectivity index (χ3v) is 4.31. The summed E-state index contributed by atoms with van der Waals surface area (Å²) in [5, 5.41) is 0. The smallest absolute Gasteiger partial charge is 0.170 e. The lowest BCUT2D eigenvalue weighted by molar-refractivity contribution is 0.0729. The first-order valence-corrected chi connectivity index (χ1v) is 6.91. The van der Waals surface area contributed by atoms with Gasteiger partial charge in [-0.2, -0.15) is 0 Å². The fourth-order valence-corrected chi connectivity index (χ4v) is 3.11. The first-order chi connectivity index (χ1) is 8.59. The Bertz CT molecular complexity index is 444. The van der Waals surface area contributed by atoms with Crippen molar-refractivity contribution in [3.05, 3.63) is 34.9 Å². The number of ketones is 1. The molecule has 0 spiro atoms. The molecular weight excluding hydrogens is 222 g/mol. The number of nitrogens with two attached hydrogens (primary N) is 1. The second-order valence-electron chi connectivity index (χ2n) is 5.69. The molecule has 1 fully saturated rings. The van der Waals surface area contributed by atoms with Crippen molar-refractivity contribution in [2.24, 2.45) is 11.1 Å². The van der Waals surface area contributed by atoms with Gasteiger partial charge in [0.2, 0.25) is 0 Å². The van der Waals surface area contributed by atoms with E-state index in [0.29, 0.717) is 6.54 Å². The van der Waals surface area contributed by atoms with Crippen LogP contribution in [-0.2, 0) is 0 Å². The summed E-state index contributed by atoms with van der Waals surface area (Å²) >= 11 is 0. The predicted molar refractivity (Wildman–Crippen MR) is 74.8 cm³/mol. The van der Waals surface area contributed by atoms with Crippen LogP contribution in [0.2, 0.25) is 0 Å². The average molecular weight is 245 g/mol. The summed E-state index contributed by atoms with van der Waals surface area (Å²) in [5.74, 6) is 0.266. The van der Waals surface area contributed by atoms with Crippen LogP contribution in [0.1, 0.15) is 53.6 Å². The summed E-state index contributed by atoms with van der Waals surface area (Å²) in [7, 11) is 0. The Kier molecular flexibility index (Phi) is 3.86. The fraction of sp³-hybridized carbons (Fsp3) is 0.562. The quantitative estimate of drug-likeness (QED) is 0.829. The third kappa shape index (κ3) is 2.35. The Morgan fingerprint density at radius 2 is 1.89 bits per heavy atom. The van der Waals surface area contributed by atoms with Crippen LogP contribution in [0.5, 0.6) is 0 Å². The highest BCUT2D eigenvalue weighted by Gasteiger charge is 2.38. The normalized spacial score (nSPS) is 18.6. The van der Waals surface area contributed by atoms with E-state index in [-0.39, 0.29) is 11.2 Å². The molecule has 2 heteroatoms. The average Bonchev–Trinajstić information content (AvgIpc) is 2.39. The molecule has 0 radical (unpaired) electrons. The molecule has 0 heterocycles. The molecule has 18 heavy (non-hydrogen) atoms. The lowest BCUT2D eigenvalue weighted by atomic mass is 9.69. The topological polar surface area (TPSA) is 43.1 Å². The SMILES string of the molecule is Cc1ccc(C(=O)C2(CN)CCCCC2)c(C)c1. The van der Waals surface area contributed by atoms with Gasteiger partial charge in [-0.25, -0.2) is 0 Å². The van der Waals surface area contributed by atoms with E-state index in [2.05, 4.69) is 13.0 Å². The van der Waals surface area contributed by atoms with Crippen LogP contribution in [0.15, 0.2) is 18.2 Å². The van der Waals surface area contributed by atoms with E-state index in [1.165, 1.54) is 12.0 Å². The van der Waals surface area contributed by atoms with Crippen molar-refractivity contribution in [2.75, 3.05) is 6.54 Å². The van der Waals surface area contributed by atoms with Gasteiger partial charge >= 0.3 is 0 Å². The van der Waals surface area contributed by atoms with Crippen LogP contribution in [0, 0.1) is 19.3 Å². The number of hydrogen-bond donors (Lipinski definition) is 1. The van der Waals surface area contributed by atoms with Gasteiger partial charge in [-0.05, 0) is 32.3 Å². The molecule has 0 bridgehead atoms. The van der Waals surface area contributed by atoms with E-state index in [1.54, 1.807) is 0 Å². The van der Waals surface area contributed by atoms with Crippen molar-refractivity contribution in [3.63, 3.8) is 0 Å². The van der Waals surface area contributed by atoms with Crippen LogP contribution in [0.3, 0.4) is 0 Å². The van der Waals surface area contributed by atoms with E-state index in [0.717, 1.165) is 36.8 Å². The molecule has 0 saturated heterocycles. The summed E-state index contributed by atoms with van der Waals surface area (Å²) in [6.45, 7) is 4.56. The van der Waals surface area contributed by atoms with Crippen molar-refractivity contribution in [1.29, 1.82) is 0 Å². The number of hydrogen-bond acceptors (Lipinski definition) is 2. The summed E-state index contributed by atoms with van der Waals surface area (Å²) in [4.78, 5) is 12.8. The second-order valence-corrected chi connectivity index (χ2v) is 5.69. The standard InChI is InChI=1S/C16H23NO/c1-12-6-7-14(13(2)10-12)15(18)16(11-17)8-4-3-5-9-16/h6-7,10H,3-5,8-9,11,17H2,1-2H3. The summed E-state index contributed by atoms with van der Waals surface area (Å²) < 4.78 is 0. The zero-order valence-corrected chi connectivity index (χ0v) is 11.5. The maximum Gasteiger partial charge on any atom is 0.170 e. The molecule has 2 nitrogen and oxygen atoms in total. The molecular formula is C16H23NO. The van der Waals surface area contributed by atoms with E-state index in [9.17, 15) is 4.79 Å². The van der Waals surface area contributed by atoms with Crippen LogP contribution in [-0.4, -0.2) is 12.3 Å². The van der Waals surface area contributed by atoms with Gasteiger partial charge in [-0.15, -0.1) is 0 Å². The third-order valence-electron chi connectivity index (χ3n) is 4.31. The molecule has 1 aromatic carbocycles. The Labute approximate surface area is 110 Å². The molecule has 0 atom stereocenters. The molecule has 1 aromatic rings. The molecule has 1 saturated carbocycles. The van der Waals surface area contributed by atoms with Crippen LogP contribution in [0.4, 0.5) is 0 Å². The Morgan fingerprint density at radius 3 is 2.44 bits per heavy atom.